The van der Waals surface area contributed by atoms with Gasteiger partial charge in [-0.05, 0) is 11.8 Å². The zero-order chi connectivity index (χ0) is 6.57. The summed E-state index contributed by atoms with van der Waals surface area (Å²) in [5, 5.41) is 9.60. The molecule has 0 aromatic carbocycles. The Labute approximate surface area is 51.2 Å². The van der Waals surface area contributed by atoms with Crippen LogP contribution in [0, 0.1) is 10.7 Å². The van der Waals surface area contributed by atoms with Gasteiger partial charge in [0.2, 0.25) is 0 Å². The molecule has 4 heteroatoms. The highest BCUT2D eigenvalue weighted by Gasteiger charge is 1.98. The van der Waals surface area contributed by atoms with E-state index in [0.29, 0.717) is 11.8 Å². The Morgan fingerprint density at radius 3 is 2.50 bits per heavy atom. The lowest BCUT2D eigenvalue weighted by Crippen LogP contribution is -2.10. The van der Waals surface area contributed by atoms with Gasteiger partial charge in [0, 0.05) is 0 Å². The largest absolute Gasteiger partial charge is 0.365 e. The second-order valence-corrected chi connectivity index (χ2v) is 1.86. The van der Waals surface area contributed by atoms with Gasteiger partial charge in [-0.25, -0.2) is 0 Å². The predicted molar refractivity (Wildman–Crippen MR) is 31.5 cm³/mol. The number of carbonyl (C=O) groups excluding carboxylic acids is 1. The normalized spacial score (nSPS) is 7.38. The average Bonchev–Trinajstić information content (AvgIpc) is 1.67. The van der Waals surface area contributed by atoms with Crippen LogP contribution in [0.3, 0.4) is 0 Å². The molecule has 0 rings (SSSR count). The molecule has 0 saturated carbocycles. The molecule has 0 heterocycles. The van der Waals surface area contributed by atoms with E-state index in [-0.39, 0.29) is 4.91 Å². The Bertz CT molecular complexity index is 158. The van der Waals surface area contributed by atoms with Crippen molar-refractivity contribution >= 4 is 17.7 Å². The summed E-state index contributed by atoms with van der Waals surface area (Å²) in [4.78, 5) is 10.1. The predicted octanol–water partition coefficient (Wildman–Crippen LogP) is 0.200. The van der Waals surface area contributed by atoms with Crippen LogP contribution in [0.5, 0.6) is 0 Å². The van der Waals surface area contributed by atoms with Crippen LogP contribution in [-0.2, 0) is 4.79 Å². The molecule has 1 amide bonds. The van der Waals surface area contributed by atoms with Gasteiger partial charge in [-0.15, -0.1) is 0 Å². The van der Waals surface area contributed by atoms with Gasteiger partial charge in [0.15, 0.2) is 0 Å². The molecule has 0 aromatic rings. The van der Waals surface area contributed by atoms with E-state index in [1.165, 1.54) is 0 Å². The first-order chi connectivity index (χ1) is 3.68. The highest BCUT2D eigenvalue weighted by atomic mass is 32.2. The monoisotopic (exact) mass is 128 g/mol. The van der Waals surface area contributed by atoms with Crippen molar-refractivity contribution in [2.45, 2.75) is 0 Å². The summed E-state index contributed by atoms with van der Waals surface area (Å²) in [6.45, 7) is 3.21. The molecule has 0 unspecified atom stereocenters. The minimum Gasteiger partial charge on any atom is -0.365 e. The molecule has 3 nitrogen and oxygen atoms in total. The fourth-order valence-corrected chi connectivity index (χ4v) is 0.316. The number of nitrogens with zero attached hydrogens (tertiary/aromatic N) is 1. The fraction of sp³-hybridized carbons (Fsp3) is 0. The summed E-state index contributed by atoms with van der Waals surface area (Å²) in [6.07, 6.45) is 0. The summed E-state index contributed by atoms with van der Waals surface area (Å²) in [5.41, 5.74) is 4.71. The molecule has 0 aliphatic carbocycles. The van der Waals surface area contributed by atoms with Gasteiger partial charge in [-0.3, -0.25) is 4.79 Å². The maximum Gasteiger partial charge on any atom is 0.255 e. The SMILES string of the molecule is C=C(SC#N)C(N)=O. The molecule has 0 spiro atoms. The van der Waals surface area contributed by atoms with Crippen LogP contribution in [0.1, 0.15) is 0 Å². The number of nitrogens with two attached hydrogens (primary N) is 1. The van der Waals surface area contributed by atoms with E-state index >= 15 is 0 Å². The van der Waals surface area contributed by atoms with E-state index in [2.05, 4.69) is 6.58 Å². The Morgan fingerprint density at radius 1 is 1.88 bits per heavy atom. The van der Waals surface area contributed by atoms with Gasteiger partial charge in [0.25, 0.3) is 5.91 Å². The van der Waals surface area contributed by atoms with Crippen molar-refractivity contribution in [1.29, 1.82) is 5.26 Å². The minimum atomic E-state index is -0.642. The van der Waals surface area contributed by atoms with E-state index in [1.807, 2.05) is 0 Å². The Hall–Kier alpha value is -0.950. The van der Waals surface area contributed by atoms with E-state index in [1.54, 1.807) is 5.40 Å². The number of thioether (sulfide) groups is 1. The molecule has 0 aliphatic rings. The molecular formula is C4H4N2OS. The molecule has 42 valence electrons. The van der Waals surface area contributed by atoms with Crippen molar-refractivity contribution in [3.63, 3.8) is 0 Å². The van der Waals surface area contributed by atoms with Crippen LogP contribution in [0.15, 0.2) is 11.5 Å². The van der Waals surface area contributed by atoms with Crippen LogP contribution in [0.4, 0.5) is 0 Å². The van der Waals surface area contributed by atoms with Gasteiger partial charge in [-0.2, -0.15) is 5.26 Å². The number of amides is 1. The molecule has 0 aliphatic heterocycles. The number of hydrogen-bond donors (Lipinski definition) is 1. The van der Waals surface area contributed by atoms with E-state index in [9.17, 15) is 4.79 Å². The minimum absolute atomic E-state index is 0.0764. The van der Waals surface area contributed by atoms with Gasteiger partial charge in [-0.1, -0.05) is 6.58 Å². The van der Waals surface area contributed by atoms with Crippen LogP contribution in [0.25, 0.3) is 0 Å². The fourth-order valence-electron chi connectivity index (χ4n) is 0.105. The third-order valence-electron chi connectivity index (χ3n) is 0.444. The van der Waals surface area contributed by atoms with Crippen molar-refractivity contribution in [2.24, 2.45) is 5.73 Å². The molecule has 0 fully saturated rings. The number of carbonyl (C=O) groups is 1. The van der Waals surface area contributed by atoms with E-state index in [4.69, 9.17) is 11.0 Å². The van der Waals surface area contributed by atoms with Crippen LogP contribution >= 0.6 is 11.8 Å². The molecule has 0 bridgehead atoms. The number of thiocyanates is 1. The first-order valence-corrected chi connectivity index (χ1v) is 2.54. The smallest absolute Gasteiger partial charge is 0.255 e. The summed E-state index contributed by atoms with van der Waals surface area (Å²) < 4.78 is 0. The molecule has 0 saturated heterocycles. The maximum atomic E-state index is 10.0. The number of nitriles is 1. The average molecular weight is 128 g/mol. The van der Waals surface area contributed by atoms with Gasteiger partial charge in [0.1, 0.15) is 5.40 Å². The third-order valence-corrected chi connectivity index (χ3v) is 0.983. The highest BCUT2D eigenvalue weighted by Crippen LogP contribution is 2.08. The Balaban J connectivity index is 3.71. The van der Waals surface area contributed by atoms with E-state index in [0.717, 1.165) is 0 Å². The summed E-state index contributed by atoms with van der Waals surface area (Å²) in [7, 11) is 0. The lowest BCUT2D eigenvalue weighted by molar-refractivity contribution is -0.113. The van der Waals surface area contributed by atoms with Crippen LogP contribution < -0.4 is 5.73 Å². The maximum absolute atomic E-state index is 10.0. The number of hydrogen-bond acceptors (Lipinski definition) is 3. The topological polar surface area (TPSA) is 66.9 Å². The Kier molecular flexibility index (Phi) is 2.74. The molecule has 8 heavy (non-hydrogen) atoms. The lowest BCUT2D eigenvalue weighted by atomic mass is 10.6. The molecule has 0 atom stereocenters. The van der Waals surface area contributed by atoms with Crippen molar-refractivity contribution < 1.29 is 4.79 Å². The first-order valence-electron chi connectivity index (χ1n) is 1.73. The number of rotatable bonds is 2. The van der Waals surface area contributed by atoms with Crippen LogP contribution in [-0.4, -0.2) is 5.91 Å². The molecule has 0 radical (unpaired) electrons. The van der Waals surface area contributed by atoms with Gasteiger partial charge in [0.05, 0.1) is 4.91 Å². The quantitative estimate of drug-likeness (QED) is 0.426. The second-order valence-electron chi connectivity index (χ2n) is 0.981. The standard InChI is InChI=1S/C4H4N2OS/c1-3(4(6)7)8-2-5/h1H2,(H2,6,7). The second kappa shape index (κ2) is 3.10. The van der Waals surface area contributed by atoms with Gasteiger partial charge < -0.3 is 5.73 Å². The molecule has 2 N–H and O–H groups in total. The van der Waals surface area contributed by atoms with Crippen LogP contribution in [0.2, 0.25) is 0 Å². The number of primary amides is 1. The van der Waals surface area contributed by atoms with Crippen molar-refractivity contribution in [3.8, 4) is 5.40 Å². The molecular weight excluding hydrogens is 124 g/mol. The van der Waals surface area contributed by atoms with Crippen molar-refractivity contribution in [1.82, 2.24) is 0 Å². The lowest BCUT2D eigenvalue weighted by Gasteiger charge is -1.86. The zero-order valence-electron chi connectivity index (χ0n) is 4.05. The first kappa shape index (κ1) is 7.05. The van der Waals surface area contributed by atoms with Crippen molar-refractivity contribution in [2.75, 3.05) is 0 Å². The summed E-state index contributed by atoms with van der Waals surface area (Å²) in [6, 6.07) is 0. The van der Waals surface area contributed by atoms with Crippen molar-refractivity contribution in [3.05, 3.63) is 11.5 Å². The third kappa shape index (κ3) is 2.26. The highest BCUT2D eigenvalue weighted by molar-refractivity contribution is 8.08. The summed E-state index contributed by atoms with van der Waals surface area (Å²) in [5.74, 6) is -0.642. The van der Waals surface area contributed by atoms with Gasteiger partial charge >= 0.3 is 0 Å². The van der Waals surface area contributed by atoms with E-state index < -0.39 is 5.91 Å². The summed E-state index contributed by atoms with van der Waals surface area (Å²) >= 11 is 0.676. The Morgan fingerprint density at radius 2 is 2.38 bits per heavy atom. The zero-order valence-corrected chi connectivity index (χ0v) is 4.86. The molecule has 0 aromatic heterocycles.